The fraction of sp³-hybridized carbons (Fsp3) is 0.462. The average molecular weight is 296 g/mol. The topological polar surface area (TPSA) is 68.2 Å². The number of esters is 1. The maximum Gasteiger partial charge on any atom is 0.313 e. The van der Waals surface area contributed by atoms with Gasteiger partial charge in [-0.2, -0.15) is 5.10 Å². The van der Waals surface area contributed by atoms with E-state index in [2.05, 4.69) is 22.3 Å². The first kappa shape index (κ1) is 16.2. The van der Waals surface area contributed by atoms with Crippen molar-refractivity contribution in [1.29, 1.82) is 0 Å². The molecule has 0 saturated heterocycles. The quantitative estimate of drug-likeness (QED) is 0.491. The smallest absolute Gasteiger partial charge is 0.313 e. The Kier molecular flexibility index (Phi) is 5.69. The number of hydrogen-bond acceptors (Lipinski definition) is 4. The highest BCUT2D eigenvalue weighted by molar-refractivity contribution is 7.80. The molecule has 1 aromatic heterocycles. The van der Waals surface area contributed by atoms with Crippen LogP contribution in [0.25, 0.3) is 0 Å². The molecule has 0 unspecified atom stereocenters. The summed E-state index contributed by atoms with van der Waals surface area (Å²) >= 11 is 5.07. The lowest BCUT2D eigenvalue weighted by molar-refractivity contribution is -0.157. The molecule has 1 aromatic rings. The standard InChI is InChI=1S/C13H20N4O2S/c1-5-6-14-12(20)16-10-7-15-17(8-10)9-19-11(18)13(2,3)4/h5,7-8H,1,6,9H2,2-4H3,(H2,14,16,20). The molecule has 0 amide bonds. The fourth-order valence-corrected chi connectivity index (χ4v) is 1.38. The molecule has 0 saturated carbocycles. The average Bonchev–Trinajstić information content (AvgIpc) is 2.79. The van der Waals surface area contributed by atoms with E-state index in [1.54, 1.807) is 39.2 Å². The summed E-state index contributed by atoms with van der Waals surface area (Å²) < 4.78 is 6.66. The monoisotopic (exact) mass is 296 g/mol. The number of carbonyl (C=O) groups excluding carboxylic acids is 1. The third kappa shape index (κ3) is 5.40. The minimum absolute atomic E-state index is 0.0740. The fourth-order valence-electron chi connectivity index (χ4n) is 1.18. The summed E-state index contributed by atoms with van der Waals surface area (Å²) in [5.41, 5.74) is 0.197. The van der Waals surface area contributed by atoms with Crippen molar-refractivity contribution in [2.24, 2.45) is 5.41 Å². The minimum Gasteiger partial charge on any atom is -0.442 e. The van der Waals surface area contributed by atoms with Gasteiger partial charge in [0, 0.05) is 6.54 Å². The zero-order chi connectivity index (χ0) is 15.2. The molecule has 2 N–H and O–H groups in total. The molecular formula is C13H20N4O2S. The summed E-state index contributed by atoms with van der Waals surface area (Å²) in [5, 5.41) is 10.5. The van der Waals surface area contributed by atoms with Gasteiger partial charge in [0.15, 0.2) is 11.8 Å². The van der Waals surface area contributed by atoms with Crippen molar-refractivity contribution in [1.82, 2.24) is 15.1 Å². The Bertz CT molecular complexity index is 491. The molecule has 0 atom stereocenters. The molecule has 1 rings (SSSR count). The summed E-state index contributed by atoms with van der Waals surface area (Å²) in [6, 6.07) is 0. The van der Waals surface area contributed by atoms with E-state index in [-0.39, 0.29) is 12.7 Å². The van der Waals surface area contributed by atoms with Gasteiger partial charge < -0.3 is 15.4 Å². The minimum atomic E-state index is -0.523. The lowest BCUT2D eigenvalue weighted by Gasteiger charge is -2.16. The molecular weight excluding hydrogens is 276 g/mol. The van der Waals surface area contributed by atoms with Crippen LogP contribution in [-0.4, -0.2) is 27.4 Å². The number of aromatic nitrogens is 2. The Labute approximate surface area is 124 Å². The first-order chi connectivity index (χ1) is 9.32. The van der Waals surface area contributed by atoms with Gasteiger partial charge in [0.05, 0.1) is 23.5 Å². The second-order valence-electron chi connectivity index (χ2n) is 5.20. The van der Waals surface area contributed by atoms with Crippen LogP contribution in [0.2, 0.25) is 0 Å². The van der Waals surface area contributed by atoms with Crippen LogP contribution in [0.5, 0.6) is 0 Å². The number of hydrogen-bond donors (Lipinski definition) is 2. The van der Waals surface area contributed by atoms with E-state index in [4.69, 9.17) is 17.0 Å². The SMILES string of the molecule is C=CCNC(=S)Nc1cnn(COC(=O)C(C)(C)C)c1. The summed E-state index contributed by atoms with van der Waals surface area (Å²) in [7, 11) is 0. The maximum atomic E-state index is 11.6. The predicted octanol–water partition coefficient (Wildman–Crippen LogP) is 1.90. The Morgan fingerprint density at radius 1 is 1.60 bits per heavy atom. The van der Waals surface area contributed by atoms with Crippen molar-refractivity contribution < 1.29 is 9.53 Å². The Balaban J connectivity index is 2.45. The second kappa shape index (κ2) is 7.04. The van der Waals surface area contributed by atoms with Gasteiger partial charge in [-0.25, -0.2) is 4.68 Å². The van der Waals surface area contributed by atoms with E-state index < -0.39 is 5.41 Å². The molecule has 1 heterocycles. The van der Waals surface area contributed by atoms with Gasteiger partial charge in [-0.15, -0.1) is 6.58 Å². The summed E-state index contributed by atoms with van der Waals surface area (Å²) in [6.07, 6.45) is 5.02. The van der Waals surface area contributed by atoms with Crippen LogP contribution in [0.1, 0.15) is 20.8 Å². The van der Waals surface area contributed by atoms with Crippen LogP contribution in [0.4, 0.5) is 5.69 Å². The molecule has 20 heavy (non-hydrogen) atoms. The number of nitrogens with zero attached hydrogens (tertiary/aromatic N) is 2. The highest BCUT2D eigenvalue weighted by atomic mass is 32.1. The van der Waals surface area contributed by atoms with Crippen LogP contribution in [0.3, 0.4) is 0 Å². The first-order valence-electron chi connectivity index (χ1n) is 6.18. The van der Waals surface area contributed by atoms with E-state index >= 15 is 0 Å². The van der Waals surface area contributed by atoms with E-state index in [1.165, 1.54) is 4.68 Å². The third-order valence-electron chi connectivity index (χ3n) is 2.24. The Morgan fingerprint density at radius 2 is 2.30 bits per heavy atom. The molecule has 0 spiro atoms. The van der Waals surface area contributed by atoms with Crippen molar-refractivity contribution in [3.05, 3.63) is 25.0 Å². The van der Waals surface area contributed by atoms with Gasteiger partial charge in [0.2, 0.25) is 0 Å². The molecule has 0 radical (unpaired) electrons. The molecule has 0 aliphatic heterocycles. The summed E-state index contributed by atoms with van der Waals surface area (Å²) in [5.74, 6) is -0.273. The summed E-state index contributed by atoms with van der Waals surface area (Å²) in [6.45, 7) is 9.65. The Morgan fingerprint density at radius 3 is 2.90 bits per heavy atom. The highest BCUT2D eigenvalue weighted by Crippen LogP contribution is 2.15. The number of ether oxygens (including phenoxy) is 1. The van der Waals surface area contributed by atoms with Crippen molar-refractivity contribution >= 4 is 29.0 Å². The van der Waals surface area contributed by atoms with Crippen LogP contribution >= 0.6 is 12.2 Å². The number of nitrogens with one attached hydrogen (secondary N) is 2. The largest absolute Gasteiger partial charge is 0.442 e. The number of rotatable bonds is 5. The molecule has 0 bridgehead atoms. The van der Waals surface area contributed by atoms with Crippen molar-refractivity contribution in [3.8, 4) is 0 Å². The van der Waals surface area contributed by atoms with Gasteiger partial charge >= 0.3 is 5.97 Å². The zero-order valence-corrected chi connectivity index (χ0v) is 12.8. The molecule has 7 heteroatoms. The molecule has 0 aromatic carbocycles. The Hall–Kier alpha value is -1.89. The van der Waals surface area contributed by atoms with Crippen LogP contribution in [0, 0.1) is 5.41 Å². The molecule has 6 nitrogen and oxygen atoms in total. The van der Waals surface area contributed by atoms with Crippen LogP contribution in [-0.2, 0) is 16.3 Å². The lowest BCUT2D eigenvalue weighted by Crippen LogP contribution is -2.28. The number of thiocarbonyl (C=S) groups is 1. The van der Waals surface area contributed by atoms with E-state index in [1.807, 2.05) is 0 Å². The normalized spacial score (nSPS) is 10.8. The molecule has 0 aliphatic rings. The molecule has 0 aliphatic carbocycles. The second-order valence-corrected chi connectivity index (χ2v) is 5.61. The van der Waals surface area contributed by atoms with Crippen LogP contribution < -0.4 is 10.6 Å². The third-order valence-corrected chi connectivity index (χ3v) is 2.48. The predicted molar refractivity (Wildman–Crippen MR) is 82.2 cm³/mol. The van der Waals surface area contributed by atoms with Gasteiger partial charge in [0.25, 0.3) is 0 Å². The first-order valence-corrected chi connectivity index (χ1v) is 6.59. The van der Waals surface area contributed by atoms with Crippen molar-refractivity contribution in [2.45, 2.75) is 27.5 Å². The van der Waals surface area contributed by atoms with Crippen LogP contribution in [0.15, 0.2) is 25.0 Å². The highest BCUT2D eigenvalue weighted by Gasteiger charge is 2.23. The number of carbonyl (C=O) groups is 1. The van der Waals surface area contributed by atoms with E-state index in [9.17, 15) is 4.79 Å². The van der Waals surface area contributed by atoms with Crippen molar-refractivity contribution in [3.63, 3.8) is 0 Å². The van der Waals surface area contributed by atoms with E-state index in [0.29, 0.717) is 11.7 Å². The van der Waals surface area contributed by atoms with Gasteiger partial charge in [0.1, 0.15) is 0 Å². The zero-order valence-electron chi connectivity index (χ0n) is 12.0. The molecule has 0 fully saturated rings. The van der Waals surface area contributed by atoms with Gasteiger partial charge in [-0.05, 0) is 33.0 Å². The van der Waals surface area contributed by atoms with Crippen molar-refractivity contribution in [2.75, 3.05) is 11.9 Å². The lowest BCUT2D eigenvalue weighted by atomic mass is 9.98. The van der Waals surface area contributed by atoms with Gasteiger partial charge in [-0.1, -0.05) is 6.08 Å². The van der Waals surface area contributed by atoms with Gasteiger partial charge in [-0.3, -0.25) is 4.79 Å². The van der Waals surface area contributed by atoms with E-state index in [0.717, 1.165) is 5.69 Å². The summed E-state index contributed by atoms with van der Waals surface area (Å²) in [4.78, 5) is 11.6. The maximum absolute atomic E-state index is 11.6. The molecule has 110 valence electrons. The number of anilines is 1.